The molecule has 35 heavy (non-hydrogen) atoms. The fourth-order valence-electron chi connectivity index (χ4n) is 5.22. The van der Waals surface area contributed by atoms with Crippen molar-refractivity contribution in [2.75, 3.05) is 25.0 Å². The molecule has 2 amide bonds. The molecule has 0 bridgehead atoms. The van der Waals surface area contributed by atoms with Gasteiger partial charge in [0.05, 0.1) is 0 Å². The maximum atomic E-state index is 13.9. The molecule has 2 fully saturated rings. The van der Waals surface area contributed by atoms with Crippen LogP contribution in [0.25, 0.3) is 0 Å². The topological polar surface area (TPSA) is 88.5 Å². The summed E-state index contributed by atoms with van der Waals surface area (Å²) in [5.41, 5.74) is 1.85. The fraction of sp³-hybridized carbons (Fsp3) is 0.679. The third kappa shape index (κ3) is 6.76. The molecule has 2 aliphatic rings. The van der Waals surface area contributed by atoms with E-state index in [0.29, 0.717) is 12.2 Å². The second kappa shape index (κ2) is 11.9. The van der Waals surface area contributed by atoms with E-state index in [0.717, 1.165) is 45.1 Å². The number of hydrogen-bond acceptors (Lipinski definition) is 5. The van der Waals surface area contributed by atoms with Crippen LogP contribution in [-0.4, -0.2) is 55.0 Å². The zero-order valence-corrected chi connectivity index (χ0v) is 22.1. The second-order valence-electron chi connectivity index (χ2n) is 11.3. The smallest absolute Gasteiger partial charge is 0.250 e. The lowest BCUT2D eigenvalue weighted by molar-refractivity contribution is -0.129. The van der Waals surface area contributed by atoms with Gasteiger partial charge in [-0.05, 0) is 62.3 Å². The van der Waals surface area contributed by atoms with Crippen LogP contribution < -0.4 is 15.5 Å². The van der Waals surface area contributed by atoms with Crippen LogP contribution in [0.15, 0.2) is 24.3 Å². The third-order valence-electron chi connectivity index (χ3n) is 7.62. The maximum absolute atomic E-state index is 13.9. The molecule has 3 atom stereocenters. The maximum Gasteiger partial charge on any atom is 0.250 e. The number of nitrogens with one attached hydrogen (secondary N) is 2. The number of anilines is 1. The number of amides is 2. The highest BCUT2D eigenvalue weighted by Gasteiger charge is 2.41. The van der Waals surface area contributed by atoms with Gasteiger partial charge in [-0.2, -0.15) is 5.26 Å². The van der Waals surface area contributed by atoms with Gasteiger partial charge in [-0.1, -0.05) is 52.2 Å². The molecular weight excluding hydrogens is 438 g/mol. The summed E-state index contributed by atoms with van der Waals surface area (Å²) in [6.07, 6.45) is 9.36. The van der Waals surface area contributed by atoms with E-state index in [1.165, 1.54) is 16.9 Å². The SMILES string of the molecule is C[C@H](C(=O)N(c1ccc(C(C)(C)C)cc1)C(C(=O)NC1CCCCC1)C1CCCNC1)N(C)C#N. The van der Waals surface area contributed by atoms with Crippen LogP contribution in [-0.2, 0) is 15.0 Å². The number of nitrogens with zero attached hydrogens (tertiary/aromatic N) is 3. The number of nitriles is 1. The first-order valence-electron chi connectivity index (χ1n) is 13.2. The number of piperidine rings is 1. The number of carbonyl (C=O) groups excluding carboxylic acids is 2. The molecule has 1 aliphatic heterocycles. The highest BCUT2D eigenvalue weighted by molar-refractivity contribution is 6.03. The van der Waals surface area contributed by atoms with Crippen molar-refractivity contribution < 1.29 is 9.59 Å². The average molecular weight is 482 g/mol. The summed E-state index contributed by atoms with van der Waals surface area (Å²) in [6, 6.07) is 6.85. The van der Waals surface area contributed by atoms with Crippen molar-refractivity contribution in [3.63, 3.8) is 0 Å². The highest BCUT2D eigenvalue weighted by atomic mass is 16.2. The molecule has 0 spiro atoms. The Labute approximate surface area is 211 Å². The molecule has 1 aromatic rings. The minimum Gasteiger partial charge on any atom is -0.352 e. The normalized spacial score (nSPS) is 20.9. The molecule has 1 heterocycles. The molecule has 192 valence electrons. The lowest BCUT2D eigenvalue weighted by Gasteiger charge is -2.40. The minimum absolute atomic E-state index is 0.00169. The van der Waals surface area contributed by atoms with Crippen LogP contribution in [0.3, 0.4) is 0 Å². The van der Waals surface area contributed by atoms with Gasteiger partial charge in [0.2, 0.25) is 5.91 Å². The number of hydrogen-bond donors (Lipinski definition) is 2. The predicted molar refractivity (Wildman–Crippen MR) is 140 cm³/mol. The van der Waals surface area contributed by atoms with Crippen LogP contribution in [0.2, 0.25) is 0 Å². The van der Waals surface area contributed by atoms with Crippen LogP contribution in [0, 0.1) is 17.4 Å². The van der Waals surface area contributed by atoms with Gasteiger partial charge < -0.3 is 15.5 Å². The van der Waals surface area contributed by atoms with E-state index in [1.807, 2.05) is 24.3 Å². The molecule has 0 radical (unpaired) electrons. The Morgan fingerprint density at radius 3 is 2.29 bits per heavy atom. The van der Waals surface area contributed by atoms with Crippen LogP contribution in [0.5, 0.6) is 0 Å². The first-order valence-corrected chi connectivity index (χ1v) is 13.2. The van der Waals surface area contributed by atoms with Gasteiger partial charge in [0.25, 0.3) is 5.91 Å². The first-order chi connectivity index (χ1) is 16.6. The average Bonchev–Trinajstić information content (AvgIpc) is 2.86. The van der Waals surface area contributed by atoms with Gasteiger partial charge in [-0.3, -0.25) is 14.5 Å². The van der Waals surface area contributed by atoms with Crippen molar-refractivity contribution in [3.8, 4) is 6.19 Å². The van der Waals surface area contributed by atoms with Gasteiger partial charge in [0.15, 0.2) is 6.19 Å². The molecule has 2 N–H and O–H groups in total. The quantitative estimate of drug-likeness (QED) is 0.455. The van der Waals surface area contributed by atoms with Crippen LogP contribution in [0.1, 0.15) is 78.2 Å². The van der Waals surface area contributed by atoms with Crippen molar-refractivity contribution >= 4 is 17.5 Å². The van der Waals surface area contributed by atoms with Crippen molar-refractivity contribution in [2.45, 2.75) is 96.2 Å². The molecule has 1 aliphatic carbocycles. The fourth-order valence-corrected chi connectivity index (χ4v) is 5.22. The predicted octanol–water partition coefficient (Wildman–Crippen LogP) is 3.94. The molecular formula is C28H43N5O2. The van der Waals surface area contributed by atoms with Gasteiger partial charge in [-0.25, -0.2) is 0 Å². The van der Waals surface area contributed by atoms with Gasteiger partial charge in [0.1, 0.15) is 12.1 Å². The molecule has 1 aromatic carbocycles. The number of benzene rings is 1. The van der Waals surface area contributed by atoms with E-state index in [4.69, 9.17) is 0 Å². The van der Waals surface area contributed by atoms with Crippen LogP contribution in [0.4, 0.5) is 5.69 Å². The minimum atomic E-state index is -0.677. The van der Waals surface area contributed by atoms with E-state index in [2.05, 4.69) is 37.6 Å². The number of likely N-dealkylation sites (N-methyl/N-ethyl adjacent to an activating group) is 1. The Bertz CT molecular complexity index is 889. The summed E-state index contributed by atoms with van der Waals surface area (Å²) in [5, 5.41) is 16.2. The van der Waals surface area contributed by atoms with Gasteiger partial charge in [-0.15, -0.1) is 0 Å². The van der Waals surface area contributed by atoms with Gasteiger partial charge in [0, 0.05) is 31.2 Å². The summed E-state index contributed by atoms with van der Waals surface area (Å²) in [7, 11) is 1.61. The van der Waals surface area contributed by atoms with E-state index < -0.39 is 12.1 Å². The van der Waals surface area contributed by atoms with Crippen molar-refractivity contribution in [3.05, 3.63) is 29.8 Å². The summed E-state index contributed by atoms with van der Waals surface area (Å²) >= 11 is 0. The lowest BCUT2D eigenvalue weighted by Crippen LogP contribution is -2.60. The number of carbonyl (C=O) groups is 2. The molecule has 7 nitrogen and oxygen atoms in total. The Hall–Kier alpha value is -2.59. The summed E-state index contributed by atoms with van der Waals surface area (Å²) in [6.45, 7) is 9.82. The summed E-state index contributed by atoms with van der Waals surface area (Å²) in [5.74, 6) is -0.309. The van der Waals surface area contributed by atoms with E-state index in [1.54, 1.807) is 18.9 Å². The van der Waals surface area contributed by atoms with E-state index in [-0.39, 0.29) is 29.2 Å². The van der Waals surface area contributed by atoms with E-state index >= 15 is 0 Å². The summed E-state index contributed by atoms with van der Waals surface area (Å²) < 4.78 is 0. The zero-order chi connectivity index (χ0) is 25.6. The first kappa shape index (κ1) is 27.0. The van der Waals surface area contributed by atoms with Gasteiger partial charge >= 0.3 is 0 Å². The Morgan fingerprint density at radius 1 is 1.09 bits per heavy atom. The molecule has 3 rings (SSSR count). The third-order valence-corrected chi connectivity index (χ3v) is 7.62. The second-order valence-corrected chi connectivity index (χ2v) is 11.3. The standard InChI is InChI=1S/C28H43N5O2/c1-20(32(5)19-29)27(35)33(24-15-13-22(14-16-24)28(2,3)4)25(21-10-9-17-30-18-21)26(34)31-23-11-7-6-8-12-23/h13-16,20-21,23,25,30H,6-12,17-18H2,1-5H3,(H,31,34)/t20-,21?,25?/m1/s1. The Balaban J connectivity index is 2.02. The lowest BCUT2D eigenvalue weighted by atomic mass is 9.86. The zero-order valence-electron chi connectivity index (χ0n) is 22.1. The van der Waals surface area contributed by atoms with E-state index in [9.17, 15) is 14.9 Å². The molecule has 1 saturated carbocycles. The molecule has 7 heteroatoms. The van der Waals surface area contributed by atoms with Crippen LogP contribution >= 0.6 is 0 Å². The van der Waals surface area contributed by atoms with Crippen molar-refractivity contribution in [1.29, 1.82) is 5.26 Å². The Morgan fingerprint density at radius 2 is 1.74 bits per heavy atom. The highest BCUT2D eigenvalue weighted by Crippen LogP contribution is 2.30. The molecule has 2 unspecified atom stereocenters. The molecule has 0 aromatic heterocycles. The monoisotopic (exact) mass is 481 g/mol. The molecule has 1 saturated heterocycles. The summed E-state index contributed by atoms with van der Waals surface area (Å²) in [4.78, 5) is 30.9. The van der Waals surface area contributed by atoms with Crippen molar-refractivity contribution in [1.82, 2.24) is 15.5 Å². The number of rotatable bonds is 7. The van der Waals surface area contributed by atoms with Crippen molar-refractivity contribution in [2.24, 2.45) is 5.92 Å². The largest absolute Gasteiger partial charge is 0.352 e. The Kier molecular flexibility index (Phi) is 9.18.